The molecular formula is C20H29N3O5. The molecule has 2 rings (SSSR count). The zero-order chi connectivity index (χ0) is 20.7. The van der Waals surface area contributed by atoms with Crippen LogP contribution in [0.25, 0.3) is 0 Å². The maximum atomic E-state index is 12.2. The number of likely N-dealkylation sites (N-methyl/N-ethyl adjacent to an activating group) is 1. The molecule has 154 valence electrons. The molecule has 4 amide bonds. The summed E-state index contributed by atoms with van der Waals surface area (Å²) in [5.41, 5.74) is 0.909. The van der Waals surface area contributed by atoms with Gasteiger partial charge in [0.05, 0.1) is 19.3 Å². The van der Waals surface area contributed by atoms with Crippen molar-refractivity contribution in [3.8, 4) is 11.5 Å². The summed E-state index contributed by atoms with van der Waals surface area (Å²) in [5.74, 6) is 0.973. The molecule has 8 heteroatoms. The molecule has 1 atom stereocenters. The van der Waals surface area contributed by atoms with Gasteiger partial charge in [-0.1, -0.05) is 6.07 Å². The van der Waals surface area contributed by atoms with E-state index in [1.54, 1.807) is 7.05 Å². The Bertz CT molecular complexity index is 722. The van der Waals surface area contributed by atoms with Gasteiger partial charge in [-0.2, -0.15) is 0 Å². The summed E-state index contributed by atoms with van der Waals surface area (Å²) in [4.78, 5) is 38.4. The first-order valence-electron chi connectivity index (χ1n) is 9.61. The highest BCUT2D eigenvalue weighted by Crippen LogP contribution is 2.30. The number of nitrogens with zero attached hydrogens (tertiary/aromatic N) is 2. The predicted octanol–water partition coefficient (Wildman–Crippen LogP) is 2.34. The Morgan fingerprint density at radius 3 is 2.46 bits per heavy atom. The number of hydrogen-bond donors (Lipinski definition) is 1. The monoisotopic (exact) mass is 391 g/mol. The Balaban J connectivity index is 1.87. The Kier molecular flexibility index (Phi) is 7.66. The van der Waals surface area contributed by atoms with Crippen molar-refractivity contribution in [2.45, 2.75) is 39.7 Å². The van der Waals surface area contributed by atoms with Gasteiger partial charge in [0.25, 0.3) is 0 Å². The number of rotatable bonds is 10. The van der Waals surface area contributed by atoms with E-state index in [2.05, 4.69) is 5.32 Å². The van der Waals surface area contributed by atoms with Crippen LogP contribution in [-0.2, 0) is 9.59 Å². The van der Waals surface area contributed by atoms with Gasteiger partial charge in [0.2, 0.25) is 11.8 Å². The van der Waals surface area contributed by atoms with E-state index >= 15 is 0 Å². The summed E-state index contributed by atoms with van der Waals surface area (Å²) in [5, 5.41) is 2.94. The van der Waals surface area contributed by atoms with Crippen LogP contribution in [0.4, 0.5) is 4.79 Å². The predicted molar refractivity (Wildman–Crippen MR) is 104 cm³/mol. The molecule has 0 saturated carbocycles. The van der Waals surface area contributed by atoms with E-state index in [4.69, 9.17) is 9.47 Å². The molecule has 0 bridgehead atoms. The number of imide groups is 1. The number of carbonyl (C=O) groups is 3. The third-order valence-electron chi connectivity index (χ3n) is 4.46. The van der Waals surface area contributed by atoms with Crippen LogP contribution in [-0.4, -0.2) is 61.0 Å². The van der Waals surface area contributed by atoms with Gasteiger partial charge in [0.15, 0.2) is 11.5 Å². The largest absolute Gasteiger partial charge is 0.490 e. The smallest absolute Gasteiger partial charge is 0.326 e. The molecule has 0 unspecified atom stereocenters. The van der Waals surface area contributed by atoms with Gasteiger partial charge in [-0.15, -0.1) is 0 Å². The molecule has 8 nitrogen and oxygen atoms in total. The highest BCUT2D eigenvalue weighted by atomic mass is 16.5. The topological polar surface area (TPSA) is 88.2 Å². The number of urea groups is 1. The highest BCUT2D eigenvalue weighted by Gasteiger charge is 2.32. The van der Waals surface area contributed by atoms with Crippen molar-refractivity contribution in [2.75, 3.05) is 33.4 Å². The van der Waals surface area contributed by atoms with E-state index in [1.807, 2.05) is 39.0 Å². The second-order valence-corrected chi connectivity index (χ2v) is 6.65. The van der Waals surface area contributed by atoms with E-state index in [0.29, 0.717) is 31.1 Å². The van der Waals surface area contributed by atoms with Gasteiger partial charge in [-0.25, -0.2) is 4.79 Å². The molecule has 1 saturated heterocycles. The Labute approximate surface area is 165 Å². The minimum Gasteiger partial charge on any atom is -0.490 e. The van der Waals surface area contributed by atoms with Crippen molar-refractivity contribution in [1.82, 2.24) is 15.1 Å². The fourth-order valence-corrected chi connectivity index (χ4v) is 3.02. The van der Waals surface area contributed by atoms with Crippen molar-refractivity contribution in [3.05, 3.63) is 23.8 Å². The molecule has 1 N–H and O–H groups in total. The summed E-state index contributed by atoms with van der Waals surface area (Å²) in [6, 6.07) is 5.10. The van der Waals surface area contributed by atoms with Gasteiger partial charge >= 0.3 is 6.03 Å². The van der Waals surface area contributed by atoms with Crippen molar-refractivity contribution in [3.63, 3.8) is 0 Å². The van der Waals surface area contributed by atoms with Gasteiger partial charge in [-0.05, 0) is 44.9 Å². The molecule has 1 aromatic carbocycles. The Morgan fingerprint density at radius 1 is 1.18 bits per heavy atom. The second kappa shape index (κ2) is 9.96. The van der Waals surface area contributed by atoms with E-state index in [-0.39, 0.29) is 43.4 Å². The first-order chi connectivity index (χ1) is 13.4. The van der Waals surface area contributed by atoms with Crippen LogP contribution in [0, 0.1) is 0 Å². The second-order valence-electron chi connectivity index (χ2n) is 6.65. The molecule has 1 aliphatic rings. The quantitative estimate of drug-likeness (QED) is 0.619. The number of amides is 4. The molecular weight excluding hydrogens is 362 g/mol. The van der Waals surface area contributed by atoms with Crippen molar-refractivity contribution in [2.24, 2.45) is 0 Å². The third kappa shape index (κ3) is 5.37. The fraction of sp³-hybridized carbons (Fsp3) is 0.550. The Morgan fingerprint density at radius 2 is 1.86 bits per heavy atom. The van der Waals surface area contributed by atoms with Crippen LogP contribution < -0.4 is 14.8 Å². The number of benzene rings is 1. The van der Waals surface area contributed by atoms with E-state index in [9.17, 15) is 14.4 Å². The molecule has 0 radical (unpaired) electrons. The number of nitrogens with one attached hydrogen (secondary N) is 1. The zero-order valence-corrected chi connectivity index (χ0v) is 17.0. The lowest BCUT2D eigenvalue weighted by molar-refractivity contribution is -0.126. The summed E-state index contributed by atoms with van der Waals surface area (Å²) < 4.78 is 11.2. The fourth-order valence-electron chi connectivity index (χ4n) is 3.02. The van der Waals surface area contributed by atoms with Crippen LogP contribution in [0.3, 0.4) is 0 Å². The van der Waals surface area contributed by atoms with Gasteiger partial charge in [0, 0.05) is 20.0 Å². The van der Waals surface area contributed by atoms with Crippen LogP contribution >= 0.6 is 0 Å². The molecule has 1 heterocycles. The lowest BCUT2D eigenvalue weighted by atomic mass is 10.1. The zero-order valence-electron chi connectivity index (χ0n) is 17.0. The van der Waals surface area contributed by atoms with E-state index in [1.165, 1.54) is 9.80 Å². The van der Waals surface area contributed by atoms with Gasteiger partial charge in [0.1, 0.15) is 6.54 Å². The van der Waals surface area contributed by atoms with Crippen molar-refractivity contribution >= 4 is 17.8 Å². The minimum atomic E-state index is -0.309. The maximum Gasteiger partial charge on any atom is 0.326 e. The van der Waals surface area contributed by atoms with Crippen LogP contribution in [0.2, 0.25) is 0 Å². The van der Waals surface area contributed by atoms with Crippen LogP contribution in [0.1, 0.15) is 45.2 Å². The molecule has 1 fully saturated rings. The molecule has 1 aliphatic heterocycles. The average molecular weight is 391 g/mol. The summed E-state index contributed by atoms with van der Waals surface area (Å²) in [6.45, 7) is 7.13. The van der Waals surface area contributed by atoms with Crippen LogP contribution in [0.5, 0.6) is 11.5 Å². The van der Waals surface area contributed by atoms with Crippen LogP contribution in [0.15, 0.2) is 18.2 Å². The number of ether oxygens (including phenoxy) is 2. The van der Waals surface area contributed by atoms with Gasteiger partial charge < -0.3 is 19.7 Å². The number of carbonyl (C=O) groups excluding carboxylic acids is 3. The first-order valence-corrected chi connectivity index (χ1v) is 9.61. The summed E-state index contributed by atoms with van der Waals surface area (Å²) in [6.07, 6.45) is 0.664. The standard InChI is InChI=1S/C20H29N3O5/c1-5-27-16-10-9-15(12-17(16)28-6-2)14(3)21-18(24)8-7-11-23-19(25)13-22(4)20(23)26/h9-10,12,14H,5-8,11,13H2,1-4H3,(H,21,24)/t14-/m1/s1. The molecule has 0 aromatic heterocycles. The average Bonchev–Trinajstić information content (AvgIpc) is 2.89. The number of hydrogen-bond acceptors (Lipinski definition) is 5. The lowest BCUT2D eigenvalue weighted by Crippen LogP contribution is -2.33. The minimum absolute atomic E-state index is 0.0992. The molecule has 1 aromatic rings. The molecule has 28 heavy (non-hydrogen) atoms. The highest BCUT2D eigenvalue weighted by molar-refractivity contribution is 6.01. The first kappa shape index (κ1) is 21.5. The normalized spacial score (nSPS) is 15.0. The van der Waals surface area contributed by atoms with Crippen molar-refractivity contribution < 1.29 is 23.9 Å². The summed E-state index contributed by atoms with van der Waals surface area (Å²) >= 11 is 0. The maximum absolute atomic E-state index is 12.2. The van der Waals surface area contributed by atoms with Crippen molar-refractivity contribution in [1.29, 1.82) is 0 Å². The summed E-state index contributed by atoms with van der Waals surface area (Å²) in [7, 11) is 1.59. The van der Waals surface area contributed by atoms with E-state index < -0.39 is 0 Å². The molecule has 0 spiro atoms. The Hall–Kier alpha value is -2.77. The lowest BCUT2D eigenvalue weighted by Gasteiger charge is -2.18. The third-order valence-corrected chi connectivity index (χ3v) is 4.46. The van der Waals surface area contributed by atoms with Gasteiger partial charge in [-0.3, -0.25) is 14.5 Å². The SMILES string of the molecule is CCOc1ccc([C@@H](C)NC(=O)CCCN2C(=O)CN(C)C2=O)cc1OCC. The molecule has 0 aliphatic carbocycles. The van der Waals surface area contributed by atoms with E-state index in [0.717, 1.165) is 5.56 Å².